The number of unbranched alkanes of at least 4 members (excludes halogenated alkanes) is 3. The number of hydrogen-bond donors (Lipinski definition) is 0. The second-order valence-corrected chi connectivity index (χ2v) is 7.73. The summed E-state index contributed by atoms with van der Waals surface area (Å²) in [6, 6.07) is 0. The van der Waals surface area contributed by atoms with Gasteiger partial charge in [0.25, 0.3) is 0 Å². The molecule has 0 aliphatic carbocycles. The molecule has 0 rings (SSSR count). The average molecular weight is 588 g/mol. The van der Waals surface area contributed by atoms with Gasteiger partial charge >= 0.3 is 53.6 Å². The predicted molar refractivity (Wildman–Crippen MR) is 89.5 cm³/mol. The number of hydrogen-bond acceptors (Lipinski definition) is 2. The summed E-state index contributed by atoms with van der Waals surface area (Å²) in [5.41, 5.74) is -0.0370. The number of ether oxygens (including phenoxy) is 1. The first-order valence-electron chi connectivity index (χ1n) is 9.62. The monoisotopic (exact) mass is 588 g/mol. The van der Waals surface area contributed by atoms with Crippen molar-refractivity contribution in [3.8, 4) is 0 Å². The Hall–Kier alpha value is -1.98. The molecule has 0 aliphatic heterocycles. The third kappa shape index (κ3) is 6.04. The lowest BCUT2D eigenvalue weighted by Gasteiger charge is -2.42. The van der Waals surface area contributed by atoms with E-state index in [4.69, 9.17) is 0 Å². The Morgan fingerprint density at radius 1 is 0.568 bits per heavy atom. The van der Waals surface area contributed by atoms with Gasteiger partial charge in [0.1, 0.15) is 0 Å². The zero-order valence-electron chi connectivity index (χ0n) is 18.2. The highest BCUT2D eigenvalue weighted by Gasteiger charge is 2.95. The zero-order chi connectivity index (χ0) is 30.1. The van der Waals surface area contributed by atoms with Crippen molar-refractivity contribution in [2.24, 2.45) is 0 Å². The highest BCUT2D eigenvalue weighted by molar-refractivity contribution is 5.86. The summed E-state index contributed by atoms with van der Waals surface area (Å²) in [5.74, 6) is -57.0. The SMILES string of the molecule is C=C(C)C(=O)OCCCCCCC(F)(F)C(F)(F)C(F)(F)C(F)(F)C(F)(F)C(F)(F)C(F)(F)C(F)(F)F. The van der Waals surface area contributed by atoms with Crippen molar-refractivity contribution >= 4 is 5.97 Å². The van der Waals surface area contributed by atoms with Crippen molar-refractivity contribution in [2.45, 2.75) is 86.7 Å². The van der Waals surface area contributed by atoms with Gasteiger partial charge in [0.05, 0.1) is 6.61 Å². The number of halogens is 17. The van der Waals surface area contributed by atoms with E-state index in [-0.39, 0.29) is 25.0 Å². The molecule has 0 radical (unpaired) electrons. The van der Waals surface area contributed by atoms with E-state index in [9.17, 15) is 79.4 Å². The maximum atomic E-state index is 13.7. The minimum absolute atomic E-state index is 0.0370. The Morgan fingerprint density at radius 2 is 0.919 bits per heavy atom. The van der Waals surface area contributed by atoms with Crippen molar-refractivity contribution in [3.63, 3.8) is 0 Å². The van der Waals surface area contributed by atoms with Crippen LogP contribution in [0.2, 0.25) is 0 Å². The van der Waals surface area contributed by atoms with E-state index < -0.39 is 72.9 Å². The van der Waals surface area contributed by atoms with Crippen molar-refractivity contribution in [1.82, 2.24) is 0 Å². The maximum absolute atomic E-state index is 13.7. The topological polar surface area (TPSA) is 26.3 Å². The minimum atomic E-state index is -8.62. The van der Waals surface area contributed by atoms with Gasteiger partial charge in [-0.2, -0.15) is 74.6 Å². The average Bonchev–Trinajstić information content (AvgIpc) is 2.70. The lowest BCUT2D eigenvalue weighted by molar-refractivity contribution is -0.461. The molecule has 0 aliphatic rings. The molecule has 0 aromatic rings. The first kappa shape index (κ1) is 35.0. The Kier molecular flexibility index (Phi) is 10.1. The van der Waals surface area contributed by atoms with Gasteiger partial charge in [-0.15, -0.1) is 0 Å². The number of esters is 1. The van der Waals surface area contributed by atoms with E-state index in [1.54, 1.807) is 0 Å². The molecular formula is C18H17F17O2. The van der Waals surface area contributed by atoms with Gasteiger partial charge in [0.2, 0.25) is 0 Å². The van der Waals surface area contributed by atoms with Crippen LogP contribution in [0.15, 0.2) is 12.2 Å². The summed E-state index contributed by atoms with van der Waals surface area (Å²) < 4.78 is 228. The first-order chi connectivity index (χ1) is 16.1. The largest absolute Gasteiger partial charge is 0.462 e. The van der Waals surface area contributed by atoms with Gasteiger partial charge in [-0.1, -0.05) is 19.4 Å². The van der Waals surface area contributed by atoms with Crippen LogP contribution in [0.5, 0.6) is 0 Å². The van der Waals surface area contributed by atoms with E-state index in [2.05, 4.69) is 11.3 Å². The number of rotatable bonds is 14. The molecule has 2 nitrogen and oxygen atoms in total. The van der Waals surface area contributed by atoms with Crippen LogP contribution in [0, 0.1) is 0 Å². The molecule has 0 spiro atoms. The molecular weight excluding hydrogens is 571 g/mol. The van der Waals surface area contributed by atoms with Gasteiger partial charge in [-0.25, -0.2) is 4.79 Å². The molecule has 0 aromatic heterocycles. The Labute approximate surface area is 196 Å². The molecule has 0 heterocycles. The lowest BCUT2D eigenvalue weighted by Crippen LogP contribution is -2.74. The smallest absolute Gasteiger partial charge is 0.460 e. The van der Waals surface area contributed by atoms with Crippen molar-refractivity contribution in [3.05, 3.63) is 12.2 Å². The lowest BCUT2D eigenvalue weighted by atomic mass is 9.88. The van der Waals surface area contributed by atoms with Gasteiger partial charge in [0, 0.05) is 12.0 Å². The van der Waals surface area contributed by atoms with E-state index >= 15 is 0 Å². The summed E-state index contributed by atoms with van der Waals surface area (Å²) in [6.07, 6.45) is -12.4. The fraction of sp³-hybridized carbons (Fsp3) is 0.833. The Morgan fingerprint density at radius 3 is 1.30 bits per heavy atom. The fourth-order valence-corrected chi connectivity index (χ4v) is 2.44. The second-order valence-electron chi connectivity index (χ2n) is 7.73. The van der Waals surface area contributed by atoms with E-state index in [0.29, 0.717) is 0 Å². The number of carbonyl (C=O) groups excluding carboxylic acids is 1. The molecule has 0 bridgehead atoms. The molecule has 19 heteroatoms. The minimum Gasteiger partial charge on any atom is -0.462 e. The highest BCUT2D eigenvalue weighted by atomic mass is 19.4. The summed E-state index contributed by atoms with van der Waals surface area (Å²) in [5, 5.41) is 0. The maximum Gasteiger partial charge on any atom is 0.460 e. The summed E-state index contributed by atoms with van der Waals surface area (Å²) in [7, 11) is 0. The molecule has 0 N–H and O–H groups in total. The third-order valence-corrected chi connectivity index (χ3v) is 4.75. The van der Waals surface area contributed by atoms with Crippen LogP contribution in [0.4, 0.5) is 74.6 Å². The predicted octanol–water partition coefficient (Wildman–Crippen LogP) is 8.07. The van der Waals surface area contributed by atoms with Crippen LogP contribution in [0.1, 0.15) is 39.0 Å². The normalized spacial score (nSPS) is 15.1. The number of alkyl halides is 17. The summed E-state index contributed by atoms with van der Waals surface area (Å²) in [4.78, 5) is 11.1. The standard InChI is InChI=1S/C18H17F17O2/c1-9(2)10(36)37-8-6-4-3-5-7-11(19,20)12(21,22)13(23,24)14(25,26)15(27,28)16(29,30)17(31,32)18(33,34)35/h1,3-8H2,2H3. The van der Waals surface area contributed by atoms with Crippen LogP contribution >= 0.6 is 0 Å². The highest BCUT2D eigenvalue weighted by Crippen LogP contribution is 2.64. The van der Waals surface area contributed by atoms with Crippen LogP contribution in [-0.4, -0.2) is 60.2 Å². The fourth-order valence-electron chi connectivity index (χ4n) is 2.44. The molecule has 0 amide bonds. The molecule has 220 valence electrons. The molecule has 0 saturated heterocycles. The Balaban J connectivity index is 5.74. The van der Waals surface area contributed by atoms with Crippen LogP contribution in [-0.2, 0) is 9.53 Å². The van der Waals surface area contributed by atoms with E-state index in [1.165, 1.54) is 6.92 Å². The molecule has 0 saturated carbocycles. The summed E-state index contributed by atoms with van der Waals surface area (Å²) in [6.45, 7) is 4.10. The van der Waals surface area contributed by atoms with E-state index in [0.717, 1.165) is 0 Å². The van der Waals surface area contributed by atoms with Crippen LogP contribution in [0.25, 0.3) is 0 Å². The molecule has 0 aromatic carbocycles. The zero-order valence-corrected chi connectivity index (χ0v) is 18.2. The molecule has 37 heavy (non-hydrogen) atoms. The van der Waals surface area contributed by atoms with Gasteiger partial charge < -0.3 is 4.74 Å². The second kappa shape index (κ2) is 10.6. The number of carbonyl (C=O) groups is 1. The van der Waals surface area contributed by atoms with Crippen molar-refractivity contribution < 1.29 is 84.2 Å². The third-order valence-electron chi connectivity index (χ3n) is 4.75. The van der Waals surface area contributed by atoms with Crippen molar-refractivity contribution in [2.75, 3.05) is 6.61 Å². The molecule has 0 atom stereocenters. The quantitative estimate of drug-likeness (QED) is 0.0889. The van der Waals surface area contributed by atoms with Gasteiger partial charge in [0.15, 0.2) is 0 Å². The Bertz CT molecular complexity index is 814. The van der Waals surface area contributed by atoms with Crippen molar-refractivity contribution in [1.29, 1.82) is 0 Å². The van der Waals surface area contributed by atoms with Gasteiger partial charge in [-0.3, -0.25) is 0 Å². The molecule has 0 fully saturated rings. The van der Waals surface area contributed by atoms with E-state index in [1.807, 2.05) is 0 Å². The molecule has 0 unspecified atom stereocenters. The van der Waals surface area contributed by atoms with Crippen LogP contribution in [0.3, 0.4) is 0 Å². The summed E-state index contributed by atoms with van der Waals surface area (Å²) >= 11 is 0. The van der Waals surface area contributed by atoms with Crippen LogP contribution < -0.4 is 0 Å². The first-order valence-corrected chi connectivity index (χ1v) is 9.62. The van der Waals surface area contributed by atoms with Gasteiger partial charge in [-0.05, 0) is 19.8 Å².